The van der Waals surface area contributed by atoms with E-state index in [0.29, 0.717) is 25.6 Å². The Morgan fingerprint density at radius 2 is 1.69 bits per heavy atom. The minimum absolute atomic E-state index is 0.181. The minimum Gasteiger partial charge on any atom is -0.497 e. The molecule has 1 heterocycles. The van der Waals surface area contributed by atoms with E-state index >= 15 is 0 Å². The Kier molecular flexibility index (Phi) is 6.68. The molecule has 2 atom stereocenters. The first kappa shape index (κ1) is 21.0. The lowest BCUT2D eigenvalue weighted by molar-refractivity contribution is 0.0111. The maximum atomic E-state index is 12.6. The number of carbonyl (C=O) groups excluding carboxylic acids is 1. The lowest BCUT2D eigenvalue weighted by Crippen LogP contribution is -2.46. The SMILES string of the molecule is COc1ccc(OC[C@H]2CN(C(=O)OC(C)(C)C)CC[C@@H]2c2ccccc2)cc1. The molecule has 1 aliphatic heterocycles. The second kappa shape index (κ2) is 9.21. The molecule has 0 aliphatic carbocycles. The Balaban J connectivity index is 1.71. The van der Waals surface area contributed by atoms with Crippen LogP contribution in [-0.4, -0.2) is 43.4 Å². The van der Waals surface area contributed by atoms with E-state index in [1.807, 2.05) is 56.0 Å². The molecule has 0 aromatic heterocycles. The summed E-state index contributed by atoms with van der Waals surface area (Å²) in [6.07, 6.45) is 0.637. The number of rotatable bonds is 5. The van der Waals surface area contributed by atoms with E-state index in [1.165, 1.54) is 5.56 Å². The number of methoxy groups -OCH3 is 1. The molecule has 156 valence electrons. The molecule has 0 unspecified atom stereocenters. The highest BCUT2D eigenvalue weighted by molar-refractivity contribution is 5.68. The van der Waals surface area contributed by atoms with Crippen LogP contribution in [0.2, 0.25) is 0 Å². The van der Waals surface area contributed by atoms with E-state index in [4.69, 9.17) is 14.2 Å². The molecule has 0 bridgehead atoms. The fourth-order valence-electron chi connectivity index (χ4n) is 3.71. The molecule has 1 amide bonds. The molecule has 0 saturated carbocycles. The Labute approximate surface area is 173 Å². The van der Waals surface area contributed by atoms with Crippen molar-refractivity contribution in [2.24, 2.45) is 5.92 Å². The maximum Gasteiger partial charge on any atom is 0.410 e. The predicted octanol–water partition coefficient (Wildman–Crippen LogP) is 5.11. The third-order valence-electron chi connectivity index (χ3n) is 5.14. The molecule has 0 radical (unpaired) electrons. The summed E-state index contributed by atoms with van der Waals surface area (Å²) in [5, 5.41) is 0. The number of carbonyl (C=O) groups is 1. The third-order valence-corrected chi connectivity index (χ3v) is 5.14. The Hall–Kier alpha value is -2.69. The fraction of sp³-hybridized carbons (Fsp3) is 0.458. The summed E-state index contributed by atoms with van der Waals surface area (Å²) in [5.41, 5.74) is 0.794. The van der Waals surface area contributed by atoms with Crippen molar-refractivity contribution in [2.45, 2.75) is 38.7 Å². The molecule has 0 spiro atoms. The average molecular weight is 398 g/mol. The zero-order valence-corrected chi connectivity index (χ0v) is 17.8. The average Bonchev–Trinajstić information content (AvgIpc) is 2.72. The van der Waals surface area contributed by atoms with Crippen molar-refractivity contribution in [3.63, 3.8) is 0 Å². The van der Waals surface area contributed by atoms with Gasteiger partial charge in [0, 0.05) is 19.0 Å². The zero-order valence-electron chi connectivity index (χ0n) is 17.8. The summed E-state index contributed by atoms with van der Waals surface area (Å²) in [4.78, 5) is 14.4. The zero-order chi connectivity index (χ0) is 20.9. The molecule has 2 aromatic rings. The van der Waals surface area contributed by atoms with Gasteiger partial charge >= 0.3 is 6.09 Å². The number of hydrogen-bond acceptors (Lipinski definition) is 4. The number of amides is 1. The molecule has 2 aromatic carbocycles. The highest BCUT2D eigenvalue weighted by Crippen LogP contribution is 2.34. The summed E-state index contributed by atoms with van der Waals surface area (Å²) in [7, 11) is 1.65. The Morgan fingerprint density at radius 1 is 1.03 bits per heavy atom. The number of benzene rings is 2. The van der Waals surface area contributed by atoms with Crippen LogP contribution in [0.25, 0.3) is 0 Å². The maximum absolute atomic E-state index is 12.6. The van der Waals surface area contributed by atoms with E-state index in [-0.39, 0.29) is 12.0 Å². The van der Waals surface area contributed by atoms with Gasteiger partial charge in [0.15, 0.2) is 0 Å². The van der Waals surface area contributed by atoms with Gasteiger partial charge in [0.2, 0.25) is 0 Å². The number of hydrogen-bond donors (Lipinski definition) is 0. The fourth-order valence-corrected chi connectivity index (χ4v) is 3.71. The van der Waals surface area contributed by atoms with Gasteiger partial charge in [-0.2, -0.15) is 0 Å². The third kappa shape index (κ3) is 5.89. The Morgan fingerprint density at radius 3 is 2.31 bits per heavy atom. The molecule has 1 fully saturated rings. The molecular formula is C24H31NO4. The standard InChI is InChI=1S/C24H31NO4/c1-24(2,3)29-23(26)25-15-14-22(18-8-6-5-7-9-18)19(16-25)17-28-21-12-10-20(27-4)11-13-21/h5-13,19,22H,14-17H2,1-4H3/t19-,22-/m1/s1. The minimum atomic E-state index is -0.498. The van der Waals surface area contributed by atoms with E-state index < -0.39 is 5.60 Å². The number of piperidine rings is 1. The monoisotopic (exact) mass is 397 g/mol. The van der Waals surface area contributed by atoms with Gasteiger partial charge in [-0.3, -0.25) is 0 Å². The molecular weight excluding hydrogens is 366 g/mol. The topological polar surface area (TPSA) is 48.0 Å². The lowest BCUT2D eigenvalue weighted by atomic mass is 9.81. The summed E-state index contributed by atoms with van der Waals surface area (Å²) in [5.74, 6) is 2.12. The smallest absolute Gasteiger partial charge is 0.410 e. The van der Waals surface area contributed by atoms with E-state index in [1.54, 1.807) is 7.11 Å². The van der Waals surface area contributed by atoms with Crippen LogP contribution in [0.15, 0.2) is 54.6 Å². The van der Waals surface area contributed by atoms with Gasteiger partial charge in [0.05, 0.1) is 13.7 Å². The number of likely N-dealkylation sites (tertiary alicyclic amines) is 1. The van der Waals surface area contributed by atoms with Crippen LogP contribution in [0.4, 0.5) is 4.79 Å². The summed E-state index contributed by atoms with van der Waals surface area (Å²) in [6, 6.07) is 18.1. The molecule has 3 rings (SSSR count). The van der Waals surface area contributed by atoms with E-state index in [0.717, 1.165) is 17.9 Å². The number of ether oxygens (including phenoxy) is 3. The van der Waals surface area contributed by atoms with Crippen LogP contribution in [0.5, 0.6) is 11.5 Å². The molecule has 5 heteroatoms. The van der Waals surface area contributed by atoms with Crippen LogP contribution in [0.1, 0.15) is 38.7 Å². The van der Waals surface area contributed by atoms with Gasteiger partial charge in [-0.1, -0.05) is 30.3 Å². The van der Waals surface area contributed by atoms with Crippen LogP contribution in [-0.2, 0) is 4.74 Å². The van der Waals surface area contributed by atoms with E-state index in [9.17, 15) is 4.79 Å². The lowest BCUT2D eigenvalue weighted by Gasteiger charge is -2.39. The van der Waals surface area contributed by atoms with Crippen LogP contribution < -0.4 is 9.47 Å². The quantitative estimate of drug-likeness (QED) is 0.703. The molecule has 5 nitrogen and oxygen atoms in total. The van der Waals surface area contributed by atoms with Gasteiger partial charge in [-0.15, -0.1) is 0 Å². The van der Waals surface area contributed by atoms with Crippen LogP contribution >= 0.6 is 0 Å². The normalized spacial score (nSPS) is 19.5. The van der Waals surface area contributed by atoms with E-state index in [2.05, 4.69) is 24.3 Å². The van der Waals surface area contributed by atoms with Crippen molar-refractivity contribution >= 4 is 6.09 Å². The second-order valence-corrected chi connectivity index (χ2v) is 8.48. The van der Waals surface area contributed by atoms with Crippen molar-refractivity contribution in [1.82, 2.24) is 4.90 Å². The first-order chi connectivity index (χ1) is 13.9. The van der Waals surface area contributed by atoms with Crippen molar-refractivity contribution in [1.29, 1.82) is 0 Å². The summed E-state index contributed by atoms with van der Waals surface area (Å²) >= 11 is 0. The van der Waals surface area contributed by atoms with Crippen LogP contribution in [0, 0.1) is 5.92 Å². The van der Waals surface area contributed by atoms with Gasteiger partial charge in [0.25, 0.3) is 0 Å². The Bertz CT molecular complexity index is 783. The first-order valence-electron chi connectivity index (χ1n) is 10.2. The van der Waals surface area contributed by atoms with Gasteiger partial charge in [-0.25, -0.2) is 4.79 Å². The van der Waals surface area contributed by atoms with Crippen molar-refractivity contribution in [2.75, 3.05) is 26.8 Å². The molecule has 1 saturated heterocycles. The van der Waals surface area contributed by atoms with Gasteiger partial charge in [0.1, 0.15) is 17.1 Å². The highest BCUT2D eigenvalue weighted by Gasteiger charge is 2.34. The predicted molar refractivity (Wildman–Crippen MR) is 114 cm³/mol. The first-order valence-corrected chi connectivity index (χ1v) is 10.2. The summed E-state index contributed by atoms with van der Waals surface area (Å²) in [6.45, 7) is 7.52. The number of nitrogens with zero attached hydrogens (tertiary/aromatic N) is 1. The highest BCUT2D eigenvalue weighted by atomic mass is 16.6. The largest absolute Gasteiger partial charge is 0.497 e. The van der Waals surface area contributed by atoms with Gasteiger partial charge in [-0.05, 0) is 62.9 Å². The molecule has 0 N–H and O–H groups in total. The van der Waals surface area contributed by atoms with Crippen molar-refractivity contribution < 1.29 is 19.0 Å². The second-order valence-electron chi connectivity index (χ2n) is 8.48. The summed E-state index contributed by atoms with van der Waals surface area (Å²) < 4.78 is 16.9. The van der Waals surface area contributed by atoms with Crippen molar-refractivity contribution in [3.8, 4) is 11.5 Å². The molecule has 1 aliphatic rings. The van der Waals surface area contributed by atoms with Gasteiger partial charge < -0.3 is 19.1 Å². The van der Waals surface area contributed by atoms with Crippen molar-refractivity contribution in [3.05, 3.63) is 60.2 Å². The molecule has 29 heavy (non-hydrogen) atoms. The van der Waals surface area contributed by atoms with Crippen LogP contribution in [0.3, 0.4) is 0 Å².